The van der Waals surface area contributed by atoms with Crippen LogP contribution in [0.25, 0.3) is 16.9 Å². The Kier molecular flexibility index (Phi) is 3.31. The van der Waals surface area contributed by atoms with Gasteiger partial charge < -0.3 is 5.11 Å². The molecular weight excluding hydrogens is 250 g/mol. The van der Waals surface area contributed by atoms with Crippen LogP contribution in [0.5, 0.6) is 0 Å². The maximum Gasteiger partial charge on any atom is 0.113 e. The van der Waals surface area contributed by atoms with E-state index in [-0.39, 0.29) is 6.61 Å². The lowest BCUT2D eigenvalue weighted by Gasteiger charge is -2.05. The van der Waals surface area contributed by atoms with Crippen molar-refractivity contribution in [3.63, 3.8) is 0 Å². The minimum Gasteiger partial charge on any atom is -0.392 e. The molecule has 0 saturated carbocycles. The second-order valence-corrected chi connectivity index (χ2v) is 4.68. The van der Waals surface area contributed by atoms with Crippen molar-refractivity contribution in [1.82, 2.24) is 15.0 Å². The smallest absolute Gasteiger partial charge is 0.113 e. The molecule has 0 fully saturated rings. The monoisotopic (exact) mass is 265 g/mol. The predicted octanol–water partition coefficient (Wildman–Crippen LogP) is 2.74. The number of nitrogens with zero attached hydrogens (tertiary/aromatic N) is 3. The standard InChI is InChI=1S/C16H15N3O/c1-12-7-8-15(9-14(12)11-20)19-10-16(17-18-19)13-5-3-2-4-6-13/h2-10,20H,11H2,1H3. The first-order chi connectivity index (χ1) is 9.78. The van der Waals surface area contributed by atoms with E-state index in [2.05, 4.69) is 10.3 Å². The largest absolute Gasteiger partial charge is 0.392 e. The van der Waals surface area contributed by atoms with Crippen LogP contribution in [0.1, 0.15) is 11.1 Å². The molecule has 1 heterocycles. The van der Waals surface area contributed by atoms with Gasteiger partial charge in [0.05, 0.1) is 18.5 Å². The predicted molar refractivity (Wildman–Crippen MR) is 77.5 cm³/mol. The lowest BCUT2D eigenvalue weighted by atomic mass is 10.1. The molecule has 1 aromatic heterocycles. The first-order valence-corrected chi connectivity index (χ1v) is 6.46. The van der Waals surface area contributed by atoms with E-state index in [1.54, 1.807) is 4.68 Å². The maximum absolute atomic E-state index is 9.33. The van der Waals surface area contributed by atoms with Gasteiger partial charge in [-0.2, -0.15) is 0 Å². The van der Waals surface area contributed by atoms with E-state index in [1.807, 2.05) is 61.7 Å². The number of aryl methyl sites for hydroxylation is 1. The third kappa shape index (κ3) is 2.33. The summed E-state index contributed by atoms with van der Waals surface area (Å²) in [6.07, 6.45) is 1.89. The molecule has 4 heteroatoms. The molecule has 0 bridgehead atoms. The minimum atomic E-state index is 0.0277. The third-order valence-corrected chi connectivity index (χ3v) is 3.33. The van der Waals surface area contributed by atoms with Crippen molar-refractivity contribution in [3.8, 4) is 16.9 Å². The van der Waals surface area contributed by atoms with Crippen molar-refractivity contribution in [3.05, 3.63) is 65.9 Å². The Labute approximate surface area is 117 Å². The minimum absolute atomic E-state index is 0.0277. The summed E-state index contributed by atoms with van der Waals surface area (Å²) in [5.41, 5.74) is 4.73. The molecule has 0 atom stereocenters. The third-order valence-electron chi connectivity index (χ3n) is 3.33. The highest BCUT2D eigenvalue weighted by molar-refractivity contribution is 5.58. The van der Waals surface area contributed by atoms with Gasteiger partial charge in [0, 0.05) is 5.56 Å². The maximum atomic E-state index is 9.33. The van der Waals surface area contributed by atoms with Crippen LogP contribution in [0, 0.1) is 6.92 Å². The molecule has 0 amide bonds. The van der Waals surface area contributed by atoms with Crippen LogP contribution in [0.15, 0.2) is 54.7 Å². The summed E-state index contributed by atoms with van der Waals surface area (Å²) < 4.78 is 1.72. The summed E-state index contributed by atoms with van der Waals surface area (Å²) in [5.74, 6) is 0. The molecular formula is C16H15N3O. The topological polar surface area (TPSA) is 50.9 Å². The van der Waals surface area contributed by atoms with Crippen molar-refractivity contribution >= 4 is 0 Å². The zero-order valence-corrected chi connectivity index (χ0v) is 11.2. The summed E-state index contributed by atoms with van der Waals surface area (Å²) in [6.45, 7) is 2.01. The highest BCUT2D eigenvalue weighted by Crippen LogP contribution is 2.18. The Balaban J connectivity index is 1.98. The fourth-order valence-electron chi connectivity index (χ4n) is 2.10. The SMILES string of the molecule is Cc1ccc(-n2cc(-c3ccccc3)nn2)cc1CO. The Hall–Kier alpha value is -2.46. The lowest BCUT2D eigenvalue weighted by Crippen LogP contribution is -1.98. The number of hydrogen-bond acceptors (Lipinski definition) is 3. The van der Waals surface area contributed by atoms with Crippen LogP contribution in [-0.4, -0.2) is 20.1 Å². The van der Waals surface area contributed by atoms with Gasteiger partial charge >= 0.3 is 0 Å². The van der Waals surface area contributed by atoms with Gasteiger partial charge in [0.15, 0.2) is 0 Å². The van der Waals surface area contributed by atoms with Gasteiger partial charge in [-0.25, -0.2) is 4.68 Å². The van der Waals surface area contributed by atoms with Crippen LogP contribution < -0.4 is 0 Å². The van der Waals surface area contributed by atoms with Gasteiger partial charge in [0.1, 0.15) is 5.69 Å². The van der Waals surface area contributed by atoms with Gasteiger partial charge in [0.2, 0.25) is 0 Å². The van der Waals surface area contributed by atoms with E-state index in [1.165, 1.54) is 0 Å². The van der Waals surface area contributed by atoms with Gasteiger partial charge in [-0.15, -0.1) is 5.10 Å². The summed E-state index contributed by atoms with van der Waals surface area (Å²) in [5, 5.41) is 17.7. The lowest BCUT2D eigenvalue weighted by molar-refractivity contribution is 0.281. The Morgan fingerprint density at radius 1 is 1.10 bits per heavy atom. The summed E-state index contributed by atoms with van der Waals surface area (Å²) in [6, 6.07) is 15.8. The summed E-state index contributed by atoms with van der Waals surface area (Å²) >= 11 is 0. The van der Waals surface area contributed by atoms with Crippen LogP contribution in [-0.2, 0) is 6.61 Å². The molecule has 100 valence electrons. The molecule has 0 aliphatic heterocycles. The molecule has 0 spiro atoms. The van der Waals surface area contributed by atoms with E-state index in [9.17, 15) is 5.11 Å². The fourth-order valence-corrected chi connectivity index (χ4v) is 2.10. The molecule has 0 aliphatic carbocycles. The molecule has 20 heavy (non-hydrogen) atoms. The first-order valence-electron chi connectivity index (χ1n) is 6.46. The number of aliphatic hydroxyl groups excluding tert-OH is 1. The van der Waals surface area contributed by atoms with Crippen molar-refractivity contribution in [1.29, 1.82) is 0 Å². The molecule has 3 rings (SSSR count). The summed E-state index contributed by atoms with van der Waals surface area (Å²) in [4.78, 5) is 0. The second kappa shape index (κ2) is 5.27. The van der Waals surface area contributed by atoms with Crippen LogP contribution in [0.4, 0.5) is 0 Å². The highest BCUT2D eigenvalue weighted by Gasteiger charge is 2.06. The molecule has 0 radical (unpaired) electrons. The average molecular weight is 265 g/mol. The molecule has 0 saturated heterocycles. The van der Waals surface area contributed by atoms with Crippen molar-refractivity contribution in [2.75, 3.05) is 0 Å². The number of aliphatic hydroxyl groups is 1. The average Bonchev–Trinajstić information content (AvgIpc) is 2.98. The van der Waals surface area contributed by atoms with E-state index in [0.29, 0.717) is 0 Å². The van der Waals surface area contributed by atoms with E-state index < -0.39 is 0 Å². The number of rotatable bonds is 3. The normalized spacial score (nSPS) is 10.7. The highest BCUT2D eigenvalue weighted by atomic mass is 16.3. The van der Waals surface area contributed by atoms with Gasteiger partial charge in [0.25, 0.3) is 0 Å². The van der Waals surface area contributed by atoms with Gasteiger partial charge in [-0.05, 0) is 30.2 Å². The molecule has 0 unspecified atom stereocenters. The summed E-state index contributed by atoms with van der Waals surface area (Å²) in [7, 11) is 0. The van der Waals surface area contributed by atoms with E-state index in [4.69, 9.17) is 0 Å². The Morgan fingerprint density at radius 3 is 2.65 bits per heavy atom. The van der Waals surface area contributed by atoms with E-state index >= 15 is 0 Å². The first kappa shape index (κ1) is 12.6. The van der Waals surface area contributed by atoms with Crippen LogP contribution >= 0.6 is 0 Å². The zero-order chi connectivity index (χ0) is 13.9. The molecule has 4 nitrogen and oxygen atoms in total. The Morgan fingerprint density at radius 2 is 1.90 bits per heavy atom. The molecule has 0 aliphatic rings. The van der Waals surface area contributed by atoms with Crippen molar-refractivity contribution in [2.24, 2.45) is 0 Å². The second-order valence-electron chi connectivity index (χ2n) is 4.68. The van der Waals surface area contributed by atoms with Gasteiger partial charge in [-0.1, -0.05) is 41.6 Å². The molecule has 3 aromatic rings. The van der Waals surface area contributed by atoms with E-state index in [0.717, 1.165) is 28.1 Å². The quantitative estimate of drug-likeness (QED) is 0.792. The fraction of sp³-hybridized carbons (Fsp3) is 0.125. The van der Waals surface area contributed by atoms with Crippen molar-refractivity contribution < 1.29 is 5.11 Å². The zero-order valence-electron chi connectivity index (χ0n) is 11.2. The molecule has 2 aromatic carbocycles. The number of aromatic nitrogens is 3. The number of hydrogen-bond donors (Lipinski definition) is 1. The van der Waals surface area contributed by atoms with Crippen molar-refractivity contribution in [2.45, 2.75) is 13.5 Å². The van der Waals surface area contributed by atoms with Crippen LogP contribution in [0.3, 0.4) is 0 Å². The Bertz CT molecular complexity index is 720. The number of benzene rings is 2. The molecule has 1 N–H and O–H groups in total. The van der Waals surface area contributed by atoms with Crippen LogP contribution in [0.2, 0.25) is 0 Å². The van der Waals surface area contributed by atoms with Gasteiger partial charge in [-0.3, -0.25) is 0 Å².